The van der Waals surface area contributed by atoms with Gasteiger partial charge in [0.25, 0.3) is 0 Å². The van der Waals surface area contributed by atoms with Gasteiger partial charge in [-0.3, -0.25) is 4.98 Å². The highest BCUT2D eigenvalue weighted by atomic mass is 79.9. The summed E-state index contributed by atoms with van der Waals surface area (Å²) in [5.41, 5.74) is 3.12. The van der Waals surface area contributed by atoms with Gasteiger partial charge in [-0.15, -0.1) is 0 Å². The topological polar surface area (TPSA) is 80.7 Å². The van der Waals surface area contributed by atoms with Gasteiger partial charge in [-0.1, -0.05) is 13.8 Å². The molecule has 1 aromatic carbocycles. The Morgan fingerprint density at radius 1 is 1.42 bits per heavy atom. The Morgan fingerprint density at radius 2 is 2.23 bits per heavy atom. The first-order valence-electron chi connectivity index (χ1n) is 8.46. The van der Waals surface area contributed by atoms with Crippen LogP contribution < -0.4 is 14.8 Å². The van der Waals surface area contributed by atoms with E-state index in [2.05, 4.69) is 26.2 Å². The van der Waals surface area contributed by atoms with Crippen molar-refractivity contribution in [2.24, 2.45) is 5.92 Å². The van der Waals surface area contributed by atoms with E-state index in [1.807, 2.05) is 38.2 Å². The molecule has 6 nitrogen and oxygen atoms in total. The highest BCUT2D eigenvalue weighted by Crippen LogP contribution is 2.42. The molecule has 0 saturated carbocycles. The van der Waals surface area contributed by atoms with E-state index < -0.39 is 6.09 Å². The van der Waals surface area contributed by atoms with E-state index in [0.717, 1.165) is 26.9 Å². The molecule has 3 rings (SSSR count). The molecule has 1 aliphatic heterocycles. The fourth-order valence-electron chi connectivity index (χ4n) is 3.04. The average molecular weight is 421 g/mol. The summed E-state index contributed by atoms with van der Waals surface area (Å²) in [5.74, 6) is 1.73. The Bertz CT molecular complexity index is 810. The second-order valence-corrected chi connectivity index (χ2v) is 7.54. The lowest BCUT2D eigenvalue weighted by Crippen LogP contribution is -2.39. The summed E-state index contributed by atoms with van der Waals surface area (Å²) < 4.78 is 12.5. The van der Waals surface area contributed by atoms with Gasteiger partial charge in [0.15, 0.2) is 0 Å². The first kappa shape index (κ1) is 18.5. The zero-order valence-electron chi connectivity index (χ0n) is 14.7. The molecule has 138 valence electrons. The van der Waals surface area contributed by atoms with Gasteiger partial charge in [0, 0.05) is 29.6 Å². The predicted molar refractivity (Wildman–Crippen MR) is 102 cm³/mol. The van der Waals surface area contributed by atoms with Gasteiger partial charge in [-0.2, -0.15) is 0 Å². The van der Waals surface area contributed by atoms with Crippen molar-refractivity contribution in [2.45, 2.75) is 32.9 Å². The van der Waals surface area contributed by atoms with E-state index in [-0.39, 0.29) is 12.6 Å². The highest BCUT2D eigenvalue weighted by molar-refractivity contribution is 9.10. The third-order valence-electron chi connectivity index (χ3n) is 4.13. The van der Waals surface area contributed by atoms with Crippen LogP contribution >= 0.6 is 15.9 Å². The third kappa shape index (κ3) is 4.27. The number of nitrogens with zero attached hydrogens (tertiary/aromatic N) is 1. The monoisotopic (exact) mass is 420 g/mol. The number of hydrogen-bond donors (Lipinski definition) is 2. The molecule has 0 radical (unpaired) electrons. The summed E-state index contributed by atoms with van der Waals surface area (Å²) in [6.07, 6.45) is 3.23. The molecule has 1 aliphatic rings. The van der Waals surface area contributed by atoms with Crippen LogP contribution in [0.4, 0.5) is 4.79 Å². The summed E-state index contributed by atoms with van der Waals surface area (Å²) in [5, 5.41) is 11.5. The van der Waals surface area contributed by atoms with Crippen LogP contribution in [0, 0.1) is 5.92 Å². The molecule has 1 aromatic heterocycles. The SMILES string of the molecule is CC(C)CC(COc1cc2c(cc1Br)-c1ccncc1CO2)NC(=O)O. The largest absolute Gasteiger partial charge is 0.490 e. The zero-order valence-corrected chi connectivity index (χ0v) is 16.2. The lowest BCUT2D eigenvalue weighted by Gasteiger charge is -2.23. The molecule has 0 saturated heterocycles. The van der Waals surface area contributed by atoms with Gasteiger partial charge in [-0.05, 0) is 46.0 Å². The summed E-state index contributed by atoms with van der Waals surface area (Å²) >= 11 is 3.55. The van der Waals surface area contributed by atoms with Crippen LogP contribution in [-0.2, 0) is 6.61 Å². The third-order valence-corrected chi connectivity index (χ3v) is 4.75. The Morgan fingerprint density at radius 3 is 2.96 bits per heavy atom. The minimum absolute atomic E-state index is 0.252. The van der Waals surface area contributed by atoms with Crippen LogP contribution in [0.2, 0.25) is 0 Å². The Hall–Kier alpha value is -2.28. The van der Waals surface area contributed by atoms with Crippen molar-refractivity contribution in [3.05, 3.63) is 40.6 Å². The number of ether oxygens (including phenoxy) is 2. The average Bonchev–Trinajstić information content (AvgIpc) is 2.58. The number of fused-ring (bicyclic) bond motifs is 3. The molecule has 1 unspecified atom stereocenters. The van der Waals surface area contributed by atoms with Crippen molar-refractivity contribution in [1.29, 1.82) is 0 Å². The van der Waals surface area contributed by atoms with Gasteiger partial charge in [0.1, 0.15) is 24.7 Å². The number of pyridine rings is 1. The lowest BCUT2D eigenvalue weighted by atomic mass is 9.99. The minimum atomic E-state index is -1.04. The number of rotatable bonds is 6. The minimum Gasteiger partial charge on any atom is -0.490 e. The van der Waals surface area contributed by atoms with Gasteiger partial charge in [-0.25, -0.2) is 4.79 Å². The number of hydrogen-bond acceptors (Lipinski definition) is 4. The molecule has 26 heavy (non-hydrogen) atoms. The van der Waals surface area contributed by atoms with E-state index in [9.17, 15) is 4.79 Å². The first-order valence-corrected chi connectivity index (χ1v) is 9.25. The second kappa shape index (κ2) is 7.95. The molecular weight excluding hydrogens is 400 g/mol. The maximum absolute atomic E-state index is 11.0. The summed E-state index contributed by atoms with van der Waals surface area (Å²) in [6.45, 7) is 4.81. The number of halogens is 1. The normalized spacial score (nSPS) is 13.4. The molecule has 2 aromatic rings. The fourth-order valence-corrected chi connectivity index (χ4v) is 3.50. The van der Waals surface area contributed by atoms with Crippen LogP contribution in [0.1, 0.15) is 25.8 Å². The zero-order chi connectivity index (χ0) is 18.7. The maximum atomic E-state index is 11.0. The Labute approximate surface area is 160 Å². The number of amides is 1. The van der Waals surface area contributed by atoms with Crippen LogP contribution in [0.3, 0.4) is 0 Å². The summed E-state index contributed by atoms with van der Waals surface area (Å²) in [7, 11) is 0. The maximum Gasteiger partial charge on any atom is 0.404 e. The van der Waals surface area contributed by atoms with E-state index in [1.165, 1.54) is 0 Å². The van der Waals surface area contributed by atoms with E-state index in [4.69, 9.17) is 14.6 Å². The molecule has 2 N–H and O–H groups in total. The molecule has 0 spiro atoms. The molecule has 7 heteroatoms. The van der Waals surface area contributed by atoms with Crippen molar-refractivity contribution in [3.63, 3.8) is 0 Å². The number of nitrogens with one attached hydrogen (secondary N) is 1. The number of aromatic nitrogens is 1. The number of carbonyl (C=O) groups is 1. The quantitative estimate of drug-likeness (QED) is 0.720. The van der Waals surface area contributed by atoms with Crippen molar-refractivity contribution in [1.82, 2.24) is 10.3 Å². The Balaban J connectivity index is 1.79. The molecule has 1 atom stereocenters. The predicted octanol–water partition coefficient (Wildman–Crippen LogP) is 4.46. The standard InChI is InChI=1S/C19H21BrN2O4/c1-11(2)5-13(22-19(23)24)10-26-18-7-17-15(6-16(18)20)14-3-4-21-8-12(14)9-25-17/h3-4,6-8,11,13,22H,5,9-10H2,1-2H3,(H,23,24). The smallest absolute Gasteiger partial charge is 0.404 e. The van der Waals surface area contributed by atoms with E-state index in [1.54, 1.807) is 6.20 Å². The van der Waals surface area contributed by atoms with Gasteiger partial charge in [0.2, 0.25) is 0 Å². The molecule has 0 fully saturated rings. The van der Waals surface area contributed by atoms with Crippen LogP contribution in [0.25, 0.3) is 11.1 Å². The molecular formula is C19H21BrN2O4. The number of benzene rings is 1. The molecule has 2 heterocycles. The second-order valence-electron chi connectivity index (χ2n) is 6.69. The number of carboxylic acid groups (broad SMARTS) is 1. The first-order chi connectivity index (χ1) is 12.4. The lowest BCUT2D eigenvalue weighted by molar-refractivity contribution is 0.176. The van der Waals surface area contributed by atoms with Crippen LogP contribution in [0.5, 0.6) is 11.5 Å². The van der Waals surface area contributed by atoms with Gasteiger partial charge < -0.3 is 19.9 Å². The van der Waals surface area contributed by atoms with Crippen LogP contribution in [0.15, 0.2) is 35.1 Å². The Kier molecular flexibility index (Phi) is 5.66. The van der Waals surface area contributed by atoms with Crippen molar-refractivity contribution in [3.8, 4) is 22.6 Å². The van der Waals surface area contributed by atoms with Crippen molar-refractivity contribution >= 4 is 22.0 Å². The van der Waals surface area contributed by atoms with Crippen LogP contribution in [-0.4, -0.2) is 28.8 Å². The van der Waals surface area contributed by atoms with Gasteiger partial charge in [0.05, 0.1) is 10.5 Å². The van der Waals surface area contributed by atoms with E-state index in [0.29, 0.717) is 24.7 Å². The van der Waals surface area contributed by atoms with Gasteiger partial charge >= 0.3 is 6.09 Å². The van der Waals surface area contributed by atoms with E-state index >= 15 is 0 Å². The molecule has 1 amide bonds. The molecule has 0 aliphatic carbocycles. The summed E-state index contributed by atoms with van der Waals surface area (Å²) in [6, 6.07) is 5.50. The highest BCUT2D eigenvalue weighted by Gasteiger charge is 2.21. The van der Waals surface area contributed by atoms with Crippen molar-refractivity contribution in [2.75, 3.05) is 6.61 Å². The van der Waals surface area contributed by atoms with Crippen molar-refractivity contribution < 1.29 is 19.4 Å². The molecule has 0 bridgehead atoms. The fraction of sp³-hybridized carbons (Fsp3) is 0.368. The summed E-state index contributed by atoms with van der Waals surface area (Å²) in [4.78, 5) is 15.1.